The lowest BCUT2D eigenvalue weighted by Gasteiger charge is -2.27. The number of ether oxygens (including phenoxy) is 1. The molecule has 0 unspecified atom stereocenters. The van der Waals surface area contributed by atoms with Gasteiger partial charge in [0.25, 0.3) is 0 Å². The highest BCUT2D eigenvalue weighted by Crippen LogP contribution is 2.13. The van der Waals surface area contributed by atoms with Crippen molar-refractivity contribution in [3.8, 4) is 5.75 Å². The molecule has 6 heteroatoms. The molecule has 128 valence electrons. The van der Waals surface area contributed by atoms with E-state index < -0.39 is 5.41 Å². The molecule has 1 amide bonds. The third-order valence-corrected chi connectivity index (χ3v) is 3.54. The van der Waals surface area contributed by atoms with Crippen LogP contribution in [0.4, 0.5) is 0 Å². The van der Waals surface area contributed by atoms with Gasteiger partial charge in [-0.3, -0.25) is 9.79 Å². The van der Waals surface area contributed by atoms with Gasteiger partial charge in [-0.1, -0.05) is 18.2 Å². The van der Waals surface area contributed by atoms with Crippen molar-refractivity contribution in [3.63, 3.8) is 0 Å². The SMILES string of the molecule is CN=C(NCC(C)(C)C(=O)NC)N(C)CCOc1ccccc1. The van der Waals surface area contributed by atoms with Gasteiger partial charge in [0.05, 0.1) is 12.0 Å². The first-order chi connectivity index (χ1) is 10.9. The van der Waals surface area contributed by atoms with Crippen LogP contribution in [0.1, 0.15) is 13.8 Å². The van der Waals surface area contributed by atoms with Gasteiger partial charge in [-0.05, 0) is 26.0 Å². The largest absolute Gasteiger partial charge is 0.492 e. The standard InChI is InChI=1S/C17H28N4O2/c1-17(2,15(22)18-3)13-20-16(19-4)21(5)11-12-23-14-9-7-6-8-10-14/h6-10H,11-13H2,1-5H3,(H,18,22)(H,19,20). The average Bonchev–Trinajstić information content (AvgIpc) is 2.55. The lowest BCUT2D eigenvalue weighted by atomic mass is 9.92. The van der Waals surface area contributed by atoms with Crippen LogP contribution < -0.4 is 15.4 Å². The molecular weight excluding hydrogens is 292 g/mol. The maximum Gasteiger partial charge on any atom is 0.227 e. The first-order valence-corrected chi connectivity index (χ1v) is 7.72. The third-order valence-electron chi connectivity index (χ3n) is 3.54. The molecule has 23 heavy (non-hydrogen) atoms. The van der Waals surface area contributed by atoms with Gasteiger partial charge < -0.3 is 20.3 Å². The number of rotatable bonds is 7. The fraction of sp³-hybridized carbons (Fsp3) is 0.529. The molecule has 1 aromatic carbocycles. The topological polar surface area (TPSA) is 66.0 Å². The number of guanidine groups is 1. The van der Waals surface area contributed by atoms with Crippen LogP contribution in [0.2, 0.25) is 0 Å². The summed E-state index contributed by atoms with van der Waals surface area (Å²) in [6.07, 6.45) is 0. The van der Waals surface area contributed by atoms with Gasteiger partial charge in [-0.15, -0.1) is 0 Å². The third kappa shape index (κ3) is 6.18. The second-order valence-electron chi connectivity index (χ2n) is 5.95. The summed E-state index contributed by atoms with van der Waals surface area (Å²) in [7, 11) is 5.31. The zero-order valence-corrected chi connectivity index (χ0v) is 14.7. The molecule has 0 aliphatic rings. The molecule has 0 bridgehead atoms. The molecule has 0 fully saturated rings. The summed E-state index contributed by atoms with van der Waals surface area (Å²) in [4.78, 5) is 18.0. The monoisotopic (exact) mass is 320 g/mol. The van der Waals surface area contributed by atoms with E-state index in [1.165, 1.54) is 0 Å². The van der Waals surface area contributed by atoms with Crippen LogP contribution in [-0.4, -0.2) is 57.6 Å². The van der Waals surface area contributed by atoms with Crippen LogP contribution in [0.5, 0.6) is 5.75 Å². The Balaban J connectivity index is 2.43. The molecule has 0 heterocycles. The first kappa shape index (κ1) is 18.8. The first-order valence-electron chi connectivity index (χ1n) is 7.72. The number of para-hydroxylation sites is 1. The predicted molar refractivity (Wildman–Crippen MR) is 93.8 cm³/mol. The van der Waals surface area contributed by atoms with Crippen molar-refractivity contribution in [3.05, 3.63) is 30.3 Å². The molecule has 0 aliphatic heterocycles. The van der Waals surface area contributed by atoms with E-state index in [4.69, 9.17) is 4.74 Å². The van der Waals surface area contributed by atoms with Gasteiger partial charge in [0.1, 0.15) is 12.4 Å². The Kier molecular flexibility index (Phi) is 7.38. The van der Waals surface area contributed by atoms with Crippen LogP contribution in [0, 0.1) is 5.41 Å². The number of hydrogen-bond donors (Lipinski definition) is 2. The van der Waals surface area contributed by atoms with Gasteiger partial charge in [-0.2, -0.15) is 0 Å². The van der Waals surface area contributed by atoms with E-state index in [-0.39, 0.29) is 5.91 Å². The number of hydrogen-bond acceptors (Lipinski definition) is 3. The number of nitrogens with one attached hydrogen (secondary N) is 2. The maximum atomic E-state index is 11.8. The molecule has 1 rings (SSSR count). The Bertz CT molecular complexity index is 515. The summed E-state index contributed by atoms with van der Waals surface area (Å²) < 4.78 is 5.68. The Labute approximate surface area is 138 Å². The molecule has 0 atom stereocenters. The Hall–Kier alpha value is -2.24. The van der Waals surface area contributed by atoms with E-state index in [1.807, 2.05) is 56.1 Å². The molecule has 0 aromatic heterocycles. The second-order valence-corrected chi connectivity index (χ2v) is 5.95. The minimum absolute atomic E-state index is 0.00415. The number of nitrogens with zero attached hydrogens (tertiary/aromatic N) is 2. The van der Waals surface area contributed by atoms with Gasteiger partial charge >= 0.3 is 0 Å². The lowest BCUT2D eigenvalue weighted by Crippen LogP contribution is -2.48. The molecule has 1 aromatic rings. The smallest absolute Gasteiger partial charge is 0.227 e. The van der Waals surface area contributed by atoms with E-state index in [0.29, 0.717) is 19.7 Å². The van der Waals surface area contributed by atoms with E-state index in [9.17, 15) is 4.79 Å². The highest BCUT2D eigenvalue weighted by atomic mass is 16.5. The quantitative estimate of drug-likeness (QED) is 0.588. The van der Waals surface area contributed by atoms with Crippen molar-refractivity contribution in [2.75, 3.05) is 40.8 Å². The van der Waals surface area contributed by atoms with Crippen LogP contribution in [0.15, 0.2) is 35.3 Å². The Morgan fingerprint density at radius 3 is 2.52 bits per heavy atom. The zero-order chi connectivity index (χ0) is 17.3. The molecule has 0 radical (unpaired) electrons. The summed E-state index contributed by atoms with van der Waals surface area (Å²) in [5.41, 5.74) is -0.508. The summed E-state index contributed by atoms with van der Waals surface area (Å²) in [5, 5.41) is 5.91. The number of amides is 1. The molecule has 2 N–H and O–H groups in total. The van der Waals surface area contributed by atoms with Crippen molar-refractivity contribution >= 4 is 11.9 Å². The summed E-state index contributed by atoms with van der Waals surface area (Å²) in [6.45, 7) is 5.54. The molecule has 0 saturated heterocycles. The van der Waals surface area contributed by atoms with Gasteiger partial charge in [-0.25, -0.2) is 0 Å². The van der Waals surface area contributed by atoms with Gasteiger partial charge in [0, 0.05) is 27.7 Å². The normalized spacial score (nSPS) is 11.8. The van der Waals surface area contributed by atoms with E-state index in [0.717, 1.165) is 11.7 Å². The average molecular weight is 320 g/mol. The maximum absolute atomic E-state index is 11.8. The van der Waals surface area contributed by atoms with Gasteiger partial charge in [0.15, 0.2) is 5.96 Å². The van der Waals surface area contributed by atoms with E-state index in [1.54, 1.807) is 14.1 Å². The molecule has 0 spiro atoms. The fourth-order valence-electron chi connectivity index (χ4n) is 2.03. The summed E-state index contributed by atoms with van der Waals surface area (Å²) in [6, 6.07) is 9.71. The van der Waals surface area contributed by atoms with Crippen molar-refractivity contribution in [1.29, 1.82) is 0 Å². The number of carbonyl (C=O) groups excluding carboxylic acids is 1. The highest BCUT2D eigenvalue weighted by Gasteiger charge is 2.27. The van der Waals surface area contributed by atoms with Crippen LogP contribution in [0.25, 0.3) is 0 Å². The minimum Gasteiger partial charge on any atom is -0.492 e. The van der Waals surface area contributed by atoms with Crippen molar-refractivity contribution in [1.82, 2.24) is 15.5 Å². The van der Waals surface area contributed by atoms with Crippen molar-refractivity contribution < 1.29 is 9.53 Å². The summed E-state index contributed by atoms with van der Waals surface area (Å²) in [5.74, 6) is 1.58. The molecule has 0 saturated carbocycles. The Morgan fingerprint density at radius 1 is 1.30 bits per heavy atom. The van der Waals surface area contributed by atoms with E-state index >= 15 is 0 Å². The van der Waals surface area contributed by atoms with Crippen molar-refractivity contribution in [2.45, 2.75) is 13.8 Å². The minimum atomic E-state index is -0.508. The molecular formula is C17H28N4O2. The van der Waals surface area contributed by atoms with Crippen molar-refractivity contribution in [2.24, 2.45) is 10.4 Å². The zero-order valence-electron chi connectivity index (χ0n) is 14.7. The molecule has 6 nitrogen and oxygen atoms in total. The van der Waals surface area contributed by atoms with Crippen LogP contribution >= 0.6 is 0 Å². The van der Waals surface area contributed by atoms with Crippen LogP contribution in [-0.2, 0) is 4.79 Å². The highest BCUT2D eigenvalue weighted by molar-refractivity contribution is 5.84. The number of likely N-dealkylation sites (N-methyl/N-ethyl adjacent to an activating group) is 1. The van der Waals surface area contributed by atoms with Crippen LogP contribution in [0.3, 0.4) is 0 Å². The Morgan fingerprint density at radius 2 is 1.96 bits per heavy atom. The number of carbonyl (C=O) groups is 1. The van der Waals surface area contributed by atoms with Gasteiger partial charge in [0.2, 0.25) is 5.91 Å². The number of benzene rings is 1. The number of aliphatic imine (C=N–C) groups is 1. The van der Waals surface area contributed by atoms with E-state index in [2.05, 4.69) is 15.6 Å². The molecule has 0 aliphatic carbocycles. The second kappa shape index (κ2) is 9.02. The predicted octanol–water partition coefficient (Wildman–Crippen LogP) is 1.34. The fourth-order valence-corrected chi connectivity index (χ4v) is 2.03. The summed E-state index contributed by atoms with van der Waals surface area (Å²) >= 11 is 0. The lowest BCUT2D eigenvalue weighted by molar-refractivity contribution is -0.128.